The molecule has 1 heterocycles. The van der Waals surface area contributed by atoms with E-state index in [4.69, 9.17) is 21.1 Å². The smallest absolute Gasteiger partial charge is 0.191 e. The number of halogens is 2. The number of aliphatic hydroxyl groups is 1. The first-order chi connectivity index (χ1) is 18.3. The number of H-pyrrole nitrogens is 1. The van der Waals surface area contributed by atoms with Crippen LogP contribution in [0.5, 0.6) is 11.5 Å². The van der Waals surface area contributed by atoms with Gasteiger partial charge in [-0.1, -0.05) is 31.5 Å². The standard InChI is InChI=1S/C27H26ClFN2O4S.C2H6/c1-15-8-21-22(14-30-24(21)13-23(15)29)27(33)26(20-5-4-16(28)9-25(20)35-7-6-32)31-17-10-18(34-2)12-19(11-17)36-3;1-2/h4-5,8-14,26,30-32H,6-7H2,1-3H3;1-2H3. The summed E-state index contributed by atoms with van der Waals surface area (Å²) < 4.78 is 25.3. The zero-order chi connectivity index (χ0) is 27.8. The van der Waals surface area contributed by atoms with E-state index in [0.29, 0.717) is 49.8 Å². The second-order valence-corrected chi connectivity index (χ2v) is 9.46. The van der Waals surface area contributed by atoms with Crippen LogP contribution in [-0.2, 0) is 0 Å². The highest BCUT2D eigenvalue weighted by molar-refractivity contribution is 7.98. The van der Waals surface area contributed by atoms with E-state index in [1.807, 2.05) is 32.2 Å². The van der Waals surface area contributed by atoms with E-state index in [0.717, 1.165) is 4.90 Å². The molecular formula is C29H32ClFN2O4S. The molecule has 0 radical (unpaired) electrons. The zero-order valence-electron chi connectivity index (χ0n) is 22.0. The minimum Gasteiger partial charge on any atom is -0.497 e. The lowest BCUT2D eigenvalue weighted by Gasteiger charge is -2.23. The molecule has 0 aliphatic heterocycles. The Hall–Kier alpha value is -3.20. The van der Waals surface area contributed by atoms with Crippen molar-refractivity contribution in [1.29, 1.82) is 0 Å². The predicted octanol–water partition coefficient (Wildman–Crippen LogP) is 7.43. The highest BCUT2D eigenvalue weighted by Crippen LogP contribution is 2.36. The van der Waals surface area contributed by atoms with Crippen molar-refractivity contribution in [3.8, 4) is 11.5 Å². The molecule has 0 spiro atoms. The number of methoxy groups -OCH3 is 1. The van der Waals surface area contributed by atoms with Crippen LogP contribution >= 0.6 is 23.4 Å². The molecule has 202 valence electrons. The van der Waals surface area contributed by atoms with E-state index >= 15 is 0 Å². The number of carbonyl (C=O) groups excluding carboxylic acids is 1. The Morgan fingerprint density at radius 2 is 1.95 bits per heavy atom. The van der Waals surface area contributed by atoms with Crippen LogP contribution in [-0.4, -0.2) is 42.5 Å². The fourth-order valence-corrected chi connectivity index (χ4v) is 4.62. The Labute approximate surface area is 231 Å². The van der Waals surface area contributed by atoms with E-state index in [9.17, 15) is 14.3 Å². The van der Waals surface area contributed by atoms with E-state index in [1.165, 1.54) is 6.07 Å². The van der Waals surface area contributed by atoms with Crippen LogP contribution in [0.3, 0.4) is 0 Å². The molecule has 3 N–H and O–H groups in total. The van der Waals surface area contributed by atoms with Gasteiger partial charge in [-0.2, -0.15) is 0 Å². The monoisotopic (exact) mass is 558 g/mol. The lowest BCUT2D eigenvalue weighted by atomic mass is 9.95. The number of benzene rings is 3. The lowest BCUT2D eigenvalue weighted by Crippen LogP contribution is -2.22. The third-order valence-corrected chi connectivity index (χ3v) is 6.73. The molecule has 0 saturated heterocycles. The number of Topliss-reactive ketones (excluding diaryl/α,β-unsaturated/α-hetero) is 1. The van der Waals surface area contributed by atoms with Crippen molar-refractivity contribution >= 4 is 45.7 Å². The first-order valence-corrected chi connectivity index (χ1v) is 13.8. The van der Waals surface area contributed by atoms with Gasteiger partial charge in [0.05, 0.1) is 13.7 Å². The molecule has 0 amide bonds. The third-order valence-electron chi connectivity index (χ3n) is 5.79. The first kappa shape index (κ1) is 29.4. The number of carbonyl (C=O) groups is 1. The van der Waals surface area contributed by atoms with Crippen LogP contribution in [0.25, 0.3) is 10.9 Å². The number of aryl methyl sites for hydroxylation is 1. The van der Waals surface area contributed by atoms with Crippen LogP contribution in [0.4, 0.5) is 10.1 Å². The Morgan fingerprint density at radius 1 is 1.18 bits per heavy atom. The maximum Gasteiger partial charge on any atom is 0.191 e. The minimum absolute atomic E-state index is 0.0373. The Balaban J connectivity index is 0.00000195. The zero-order valence-corrected chi connectivity index (χ0v) is 23.6. The summed E-state index contributed by atoms with van der Waals surface area (Å²) in [5.41, 5.74) is 2.58. The van der Waals surface area contributed by atoms with Crippen LogP contribution in [0.1, 0.15) is 41.4 Å². The van der Waals surface area contributed by atoms with Gasteiger partial charge in [0.2, 0.25) is 0 Å². The number of fused-ring (bicyclic) bond motifs is 1. The van der Waals surface area contributed by atoms with Gasteiger partial charge in [-0.3, -0.25) is 4.79 Å². The summed E-state index contributed by atoms with van der Waals surface area (Å²) in [4.78, 5) is 18.0. The first-order valence-electron chi connectivity index (χ1n) is 12.2. The fourth-order valence-electron chi connectivity index (χ4n) is 3.98. The highest BCUT2D eigenvalue weighted by Gasteiger charge is 2.28. The Bertz CT molecular complexity index is 1390. The summed E-state index contributed by atoms with van der Waals surface area (Å²) in [7, 11) is 1.58. The largest absolute Gasteiger partial charge is 0.497 e. The Kier molecular flexibility index (Phi) is 10.5. The summed E-state index contributed by atoms with van der Waals surface area (Å²) in [6.07, 6.45) is 3.54. The van der Waals surface area contributed by atoms with Crippen molar-refractivity contribution in [3.05, 3.63) is 82.3 Å². The van der Waals surface area contributed by atoms with E-state index in [1.54, 1.807) is 62.3 Å². The number of anilines is 1. The predicted molar refractivity (Wildman–Crippen MR) is 154 cm³/mol. The van der Waals surface area contributed by atoms with Gasteiger partial charge in [-0.05, 0) is 55.1 Å². The average molecular weight is 559 g/mol. The van der Waals surface area contributed by atoms with Crippen LogP contribution < -0.4 is 14.8 Å². The molecule has 0 bridgehead atoms. The van der Waals surface area contributed by atoms with Crippen molar-refractivity contribution in [2.75, 3.05) is 31.9 Å². The van der Waals surface area contributed by atoms with Gasteiger partial charge in [-0.25, -0.2) is 4.39 Å². The molecule has 38 heavy (non-hydrogen) atoms. The maximum atomic E-state index is 14.1. The SMILES string of the molecule is CC.COc1cc(NC(C(=O)c2c[nH]c3cc(F)c(C)cc23)c2ccc(Cl)cc2OCCO)cc(SC)c1. The van der Waals surface area contributed by atoms with E-state index in [2.05, 4.69) is 10.3 Å². The summed E-state index contributed by atoms with van der Waals surface area (Å²) in [6.45, 7) is 5.50. The van der Waals surface area contributed by atoms with Gasteiger partial charge < -0.3 is 24.9 Å². The second-order valence-electron chi connectivity index (χ2n) is 8.15. The average Bonchev–Trinajstić information content (AvgIpc) is 3.33. The summed E-state index contributed by atoms with van der Waals surface area (Å²) >= 11 is 7.77. The molecule has 1 unspecified atom stereocenters. The van der Waals surface area contributed by atoms with Crippen molar-refractivity contribution in [3.63, 3.8) is 0 Å². The molecule has 4 aromatic rings. The summed E-state index contributed by atoms with van der Waals surface area (Å²) in [5, 5.41) is 13.7. The molecule has 0 aliphatic carbocycles. The molecule has 0 saturated carbocycles. The van der Waals surface area contributed by atoms with E-state index < -0.39 is 6.04 Å². The molecule has 1 aromatic heterocycles. The number of aromatic amines is 1. The number of rotatable bonds is 10. The number of hydrogen-bond donors (Lipinski definition) is 3. The molecule has 4 rings (SSSR count). The normalized spacial score (nSPS) is 11.5. The lowest BCUT2D eigenvalue weighted by molar-refractivity contribution is 0.0969. The summed E-state index contributed by atoms with van der Waals surface area (Å²) in [6, 6.07) is 12.8. The van der Waals surface area contributed by atoms with Crippen LogP contribution in [0, 0.1) is 12.7 Å². The highest BCUT2D eigenvalue weighted by atomic mass is 35.5. The van der Waals surface area contributed by atoms with Gasteiger partial charge in [0.1, 0.15) is 30.0 Å². The third kappa shape index (κ3) is 6.62. The Morgan fingerprint density at radius 3 is 2.63 bits per heavy atom. The molecule has 6 nitrogen and oxygen atoms in total. The van der Waals surface area contributed by atoms with Gasteiger partial charge in [0.15, 0.2) is 5.78 Å². The number of aromatic nitrogens is 1. The van der Waals surface area contributed by atoms with Gasteiger partial charge in [0.25, 0.3) is 0 Å². The van der Waals surface area contributed by atoms with Gasteiger partial charge in [0, 0.05) is 49.9 Å². The number of thioether (sulfide) groups is 1. The molecule has 0 aliphatic rings. The maximum absolute atomic E-state index is 14.1. The number of ether oxygens (including phenoxy) is 2. The molecule has 9 heteroatoms. The van der Waals surface area contributed by atoms with Crippen molar-refractivity contribution in [2.24, 2.45) is 0 Å². The molecule has 1 atom stereocenters. The number of hydrogen-bond acceptors (Lipinski definition) is 6. The number of ketones is 1. The van der Waals surface area contributed by atoms with Crippen molar-refractivity contribution in [1.82, 2.24) is 4.98 Å². The summed E-state index contributed by atoms with van der Waals surface area (Å²) in [5.74, 6) is 0.410. The van der Waals surface area contributed by atoms with Gasteiger partial charge >= 0.3 is 0 Å². The quantitative estimate of drug-likeness (QED) is 0.139. The van der Waals surface area contributed by atoms with Crippen molar-refractivity contribution in [2.45, 2.75) is 31.7 Å². The second kappa shape index (κ2) is 13.6. The minimum atomic E-state index is -0.887. The molecule has 3 aromatic carbocycles. The topological polar surface area (TPSA) is 83.6 Å². The number of nitrogens with one attached hydrogen (secondary N) is 2. The van der Waals surface area contributed by atoms with Crippen LogP contribution in [0.2, 0.25) is 5.02 Å². The van der Waals surface area contributed by atoms with E-state index in [-0.39, 0.29) is 24.8 Å². The van der Waals surface area contributed by atoms with Crippen LogP contribution in [0.15, 0.2) is 59.6 Å². The number of aliphatic hydroxyl groups excluding tert-OH is 1. The van der Waals surface area contributed by atoms with Crippen molar-refractivity contribution < 1.29 is 23.8 Å². The molecule has 0 fully saturated rings. The fraction of sp³-hybridized carbons (Fsp3) is 0.276. The molecular weight excluding hydrogens is 527 g/mol. The van der Waals surface area contributed by atoms with Gasteiger partial charge in [-0.15, -0.1) is 11.8 Å².